The fraction of sp³-hybridized carbons (Fsp3) is 0.500. The summed E-state index contributed by atoms with van der Waals surface area (Å²) in [6.45, 7) is 3.52. The normalized spacial score (nSPS) is 15.9. The van der Waals surface area contributed by atoms with Gasteiger partial charge in [-0.25, -0.2) is 0 Å². The van der Waals surface area contributed by atoms with Crippen molar-refractivity contribution >= 4 is 11.6 Å². The second kappa shape index (κ2) is 4.59. The van der Waals surface area contributed by atoms with Gasteiger partial charge in [-0.05, 0) is 13.0 Å². The first kappa shape index (κ1) is 13.3. The van der Waals surface area contributed by atoms with Crippen LogP contribution in [0.2, 0.25) is 5.02 Å². The molecule has 1 rings (SSSR count). The van der Waals surface area contributed by atoms with E-state index in [2.05, 4.69) is 4.98 Å². The predicted octanol–water partition coefficient (Wildman–Crippen LogP) is 3.20. The van der Waals surface area contributed by atoms with Crippen molar-refractivity contribution in [2.75, 3.05) is 0 Å². The van der Waals surface area contributed by atoms with Crippen LogP contribution >= 0.6 is 11.6 Å². The molecule has 0 aliphatic rings. The Morgan fingerprint density at radius 2 is 1.94 bits per heavy atom. The largest absolute Gasteiger partial charge is 0.417 e. The van der Waals surface area contributed by atoms with E-state index in [1.165, 1.54) is 0 Å². The number of hydrogen-bond acceptors (Lipinski definition) is 2. The molecular formula is C10H12ClF3N2. The molecule has 2 atom stereocenters. The third kappa shape index (κ3) is 2.86. The van der Waals surface area contributed by atoms with Crippen LogP contribution in [0.1, 0.15) is 31.0 Å². The van der Waals surface area contributed by atoms with Gasteiger partial charge in [0.15, 0.2) is 0 Å². The summed E-state index contributed by atoms with van der Waals surface area (Å²) in [6, 6.07) is 0.657. The van der Waals surface area contributed by atoms with Gasteiger partial charge in [-0.15, -0.1) is 0 Å². The van der Waals surface area contributed by atoms with Crippen LogP contribution in [0, 0.1) is 0 Å². The van der Waals surface area contributed by atoms with Crippen molar-refractivity contribution in [3.05, 3.63) is 28.5 Å². The summed E-state index contributed by atoms with van der Waals surface area (Å²) in [5, 5.41) is -0.000347. The molecule has 0 saturated heterocycles. The van der Waals surface area contributed by atoms with E-state index in [0.717, 1.165) is 12.3 Å². The van der Waals surface area contributed by atoms with Crippen molar-refractivity contribution in [2.45, 2.75) is 32.0 Å². The fourth-order valence-electron chi connectivity index (χ4n) is 1.19. The van der Waals surface area contributed by atoms with E-state index in [1.807, 2.05) is 0 Å². The standard InChI is InChI=1S/C10H12ClF3N2/c1-5(6(2)15)9-8(11)3-7(4-16-9)10(12,13)14/h3-6H,15H2,1-2H3. The second-order valence-corrected chi connectivity index (χ2v) is 4.14. The molecule has 1 heterocycles. The van der Waals surface area contributed by atoms with Gasteiger partial charge in [0.2, 0.25) is 0 Å². The molecule has 0 saturated carbocycles. The molecule has 2 nitrogen and oxygen atoms in total. The molecule has 0 aliphatic carbocycles. The lowest BCUT2D eigenvalue weighted by atomic mass is 9.99. The zero-order valence-electron chi connectivity index (χ0n) is 8.85. The Morgan fingerprint density at radius 3 is 2.31 bits per heavy atom. The van der Waals surface area contributed by atoms with Crippen LogP contribution < -0.4 is 5.73 Å². The number of rotatable bonds is 2. The highest BCUT2D eigenvalue weighted by Gasteiger charge is 2.32. The molecule has 90 valence electrons. The smallest absolute Gasteiger partial charge is 0.327 e. The number of nitrogens with zero attached hydrogens (tertiary/aromatic N) is 1. The van der Waals surface area contributed by atoms with Crippen LogP contribution in [0.25, 0.3) is 0 Å². The minimum absolute atomic E-state index is 0.000347. The van der Waals surface area contributed by atoms with Crippen molar-refractivity contribution in [1.29, 1.82) is 0 Å². The summed E-state index contributed by atoms with van der Waals surface area (Å²) in [6.07, 6.45) is -3.65. The Hall–Kier alpha value is -0.810. The van der Waals surface area contributed by atoms with E-state index < -0.39 is 11.7 Å². The van der Waals surface area contributed by atoms with Crippen molar-refractivity contribution < 1.29 is 13.2 Å². The van der Waals surface area contributed by atoms with E-state index in [0.29, 0.717) is 5.69 Å². The maximum Gasteiger partial charge on any atom is 0.417 e. The van der Waals surface area contributed by atoms with Gasteiger partial charge in [-0.2, -0.15) is 13.2 Å². The molecule has 16 heavy (non-hydrogen) atoms. The van der Waals surface area contributed by atoms with Crippen molar-refractivity contribution in [3.63, 3.8) is 0 Å². The Morgan fingerprint density at radius 1 is 1.38 bits per heavy atom. The molecule has 0 amide bonds. The number of hydrogen-bond donors (Lipinski definition) is 1. The molecule has 0 aromatic carbocycles. The van der Waals surface area contributed by atoms with E-state index in [4.69, 9.17) is 17.3 Å². The van der Waals surface area contributed by atoms with Gasteiger partial charge in [0.25, 0.3) is 0 Å². The van der Waals surface area contributed by atoms with Crippen molar-refractivity contribution in [1.82, 2.24) is 4.98 Å². The number of pyridine rings is 1. The molecule has 1 aromatic rings. The Balaban J connectivity index is 3.10. The molecule has 1 aromatic heterocycles. The number of aromatic nitrogens is 1. The van der Waals surface area contributed by atoms with Crippen LogP contribution in [-0.4, -0.2) is 11.0 Å². The molecular weight excluding hydrogens is 241 g/mol. The Labute approximate surface area is 96.6 Å². The summed E-state index contributed by atoms with van der Waals surface area (Å²) < 4.78 is 37.0. The molecule has 0 bridgehead atoms. The predicted molar refractivity (Wildman–Crippen MR) is 56.3 cm³/mol. The van der Waals surface area contributed by atoms with Gasteiger partial charge in [-0.1, -0.05) is 18.5 Å². The summed E-state index contributed by atoms with van der Waals surface area (Å²) in [4.78, 5) is 3.73. The minimum atomic E-state index is -4.42. The van der Waals surface area contributed by atoms with Crippen molar-refractivity contribution in [2.24, 2.45) is 5.73 Å². The van der Waals surface area contributed by atoms with Crippen LogP contribution in [0.4, 0.5) is 13.2 Å². The zero-order chi connectivity index (χ0) is 12.5. The maximum atomic E-state index is 12.3. The van der Waals surface area contributed by atoms with Gasteiger partial charge >= 0.3 is 6.18 Å². The summed E-state index contributed by atoms with van der Waals surface area (Å²) in [5.74, 6) is -0.185. The molecule has 2 unspecified atom stereocenters. The number of halogens is 4. The summed E-state index contributed by atoms with van der Waals surface area (Å²) in [5.41, 5.74) is 5.18. The maximum absolute atomic E-state index is 12.3. The second-order valence-electron chi connectivity index (χ2n) is 3.74. The monoisotopic (exact) mass is 252 g/mol. The molecule has 0 aliphatic heterocycles. The van der Waals surface area contributed by atoms with Gasteiger partial charge in [-0.3, -0.25) is 4.98 Å². The molecule has 0 spiro atoms. The summed E-state index contributed by atoms with van der Waals surface area (Å²) >= 11 is 5.76. The molecule has 6 heteroatoms. The third-order valence-corrected chi connectivity index (χ3v) is 2.72. The molecule has 0 radical (unpaired) electrons. The fourth-order valence-corrected chi connectivity index (χ4v) is 1.53. The lowest BCUT2D eigenvalue weighted by Crippen LogP contribution is -2.23. The topological polar surface area (TPSA) is 38.9 Å². The van der Waals surface area contributed by atoms with E-state index in [-0.39, 0.29) is 17.0 Å². The lowest BCUT2D eigenvalue weighted by molar-refractivity contribution is -0.137. The molecule has 0 fully saturated rings. The third-order valence-electron chi connectivity index (χ3n) is 2.42. The van der Waals surface area contributed by atoms with E-state index in [9.17, 15) is 13.2 Å². The van der Waals surface area contributed by atoms with E-state index in [1.54, 1.807) is 13.8 Å². The van der Waals surface area contributed by atoms with E-state index >= 15 is 0 Å². The highest BCUT2D eigenvalue weighted by atomic mass is 35.5. The zero-order valence-corrected chi connectivity index (χ0v) is 9.60. The first-order chi connectivity index (χ1) is 7.23. The minimum Gasteiger partial charge on any atom is -0.327 e. The number of alkyl halides is 3. The number of nitrogens with two attached hydrogens (primary N) is 1. The molecule has 2 N–H and O–H groups in total. The highest BCUT2D eigenvalue weighted by Crippen LogP contribution is 2.33. The average Bonchev–Trinajstić information content (AvgIpc) is 2.15. The first-order valence-corrected chi connectivity index (χ1v) is 5.09. The average molecular weight is 253 g/mol. The lowest BCUT2D eigenvalue weighted by Gasteiger charge is -2.17. The van der Waals surface area contributed by atoms with Crippen LogP contribution in [0.3, 0.4) is 0 Å². The van der Waals surface area contributed by atoms with Gasteiger partial charge in [0, 0.05) is 18.2 Å². The summed E-state index contributed by atoms with van der Waals surface area (Å²) in [7, 11) is 0. The van der Waals surface area contributed by atoms with Gasteiger partial charge in [0.1, 0.15) is 0 Å². The van der Waals surface area contributed by atoms with Crippen LogP contribution in [-0.2, 0) is 6.18 Å². The SMILES string of the molecule is CC(N)C(C)c1ncc(C(F)(F)F)cc1Cl. The van der Waals surface area contributed by atoms with Crippen LogP contribution in [0.15, 0.2) is 12.3 Å². The first-order valence-electron chi connectivity index (χ1n) is 4.71. The van der Waals surface area contributed by atoms with Gasteiger partial charge in [0.05, 0.1) is 16.3 Å². The Kier molecular flexibility index (Phi) is 3.80. The van der Waals surface area contributed by atoms with Crippen LogP contribution in [0.5, 0.6) is 0 Å². The van der Waals surface area contributed by atoms with Crippen molar-refractivity contribution in [3.8, 4) is 0 Å². The quantitative estimate of drug-likeness (QED) is 0.878. The Bertz CT molecular complexity index is 377. The highest BCUT2D eigenvalue weighted by molar-refractivity contribution is 6.31. The van der Waals surface area contributed by atoms with Gasteiger partial charge < -0.3 is 5.73 Å².